The third-order valence-corrected chi connectivity index (χ3v) is 8.97. The Balaban J connectivity index is 1.14. The van der Waals surface area contributed by atoms with Crippen LogP contribution in [0.15, 0.2) is 198 Å². The van der Waals surface area contributed by atoms with E-state index >= 15 is 4.39 Å². The van der Waals surface area contributed by atoms with Crippen molar-refractivity contribution in [2.75, 3.05) is 0 Å². The lowest BCUT2D eigenvalue weighted by Crippen LogP contribution is -2.00. The predicted octanol–water partition coefficient (Wildman–Crippen LogP) is 13.9. The lowest BCUT2D eigenvalue weighted by Gasteiger charge is -2.12. The molecule has 0 fully saturated rings. The van der Waals surface area contributed by atoms with Crippen LogP contribution in [0.1, 0.15) is 77.2 Å². The van der Waals surface area contributed by atoms with E-state index in [9.17, 15) is 19.2 Å². The van der Waals surface area contributed by atoms with E-state index in [1.54, 1.807) is 0 Å². The van der Waals surface area contributed by atoms with Gasteiger partial charge in [-0.3, -0.25) is 15.0 Å². The van der Waals surface area contributed by atoms with Crippen LogP contribution >= 0.6 is 0 Å². The number of hydrogen-bond acceptors (Lipinski definition) is 4. The van der Waals surface area contributed by atoms with Crippen molar-refractivity contribution in [2.24, 2.45) is 0 Å². The molecule has 5 heteroatoms. The Labute approximate surface area is 406 Å². The van der Waals surface area contributed by atoms with Crippen LogP contribution in [0.3, 0.4) is 0 Å². The van der Waals surface area contributed by atoms with E-state index in [-0.39, 0.29) is 34.2 Å². The molecule has 0 aliphatic heterocycles. The number of fused-ring (bicyclic) bond motifs is 3. The maximum atomic E-state index is 16.4. The number of benzene rings is 6. The van der Waals surface area contributed by atoms with E-state index in [2.05, 4.69) is 15.0 Å². The van der Waals surface area contributed by atoms with Crippen molar-refractivity contribution in [3.8, 4) is 44.9 Å². The summed E-state index contributed by atoms with van der Waals surface area (Å²) in [6.45, 7) is 0. The highest BCUT2D eigenvalue weighted by Gasteiger charge is 2.19. The SMILES string of the molecule is [2H]c1ccc(-c2ncc(C([2H])([2H])C([2H])([2H])c3cc(C([2H])([2H])C([2H])([2H])c4cnc(-c5ccc([2H])c([2H])c5[2H])c([2H])c4[2H])cc(C([2H])([2H])C([2H])([2H])c4cnc(-c5ccc([2H])c6c5oc5c(-c7c([2H])c([2H])c([2H])c([2H])c7[2H])c(F)c([2H])c([2H])c56)c([2H])c4[2H])c3)c([2H])c2[2H])c([2H])c1[2H]. The van der Waals surface area contributed by atoms with Gasteiger partial charge >= 0.3 is 0 Å². The van der Waals surface area contributed by atoms with Gasteiger partial charge < -0.3 is 4.42 Å². The molecule has 0 bridgehead atoms. The fourth-order valence-electron chi connectivity index (χ4n) is 6.13. The van der Waals surface area contributed by atoms with Crippen molar-refractivity contribution >= 4 is 21.9 Å². The summed E-state index contributed by atoms with van der Waals surface area (Å²) in [6.07, 6.45) is -20.2. The summed E-state index contributed by atoms with van der Waals surface area (Å²) in [7, 11) is 0. The first-order valence-electron chi connectivity index (χ1n) is 34.4. The first kappa shape index (κ1) is 17.1. The van der Waals surface area contributed by atoms with Gasteiger partial charge in [-0.1, -0.05) is 139 Å². The molecule has 10 rings (SSSR count). The molecule has 0 saturated heterocycles. The normalized spacial score (nSPS) is 20.1. The molecule has 0 aliphatic carbocycles. The van der Waals surface area contributed by atoms with Gasteiger partial charge in [0.25, 0.3) is 0 Å². The van der Waals surface area contributed by atoms with Crippen LogP contribution in [0, 0.1) is 5.82 Å². The molecule has 4 nitrogen and oxygen atoms in total. The van der Waals surface area contributed by atoms with Gasteiger partial charge in [0, 0.05) is 62.5 Å². The molecule has 62 heavy (non-hydrogen) atoms. The molecule has 4 heterocycles. The topological polar surface area (TPSA) is 51.8 Å². The smallest absolute Gasteiger partial charge is 0.146 e. The lowest BCUT2D eigenvalue weighted by molar-refractivity contribution is 0.622. The van der Waals surface area contributed by atoms with E-state index in [0.717, 1.165) is 36.4 Å². The molecular weight excluding hydrogens is 762 g/mol. The average molecular weight is 838 g/mol. The van der Waals surface area contributed by atoms with Crippen LogP contribution < -0.4 is 0 Å². The predicted molar refractivity (Wildman–Crippen MR) is 250 cm³/mol. The minimum absolute atomic E-state index is 0.231. The summed E-state index contributed by atoms with van der Waals surface area (Å²) in [5, 5.41) is -0.812. The van der Waals surface area contributed by atoms with E-state index < -0.39 is 231 Å². The first-order chi connectivity index (χ1) is 43.4. The number of pyridine rings is 3. The Hall–Kier alpha value is -7.50. The molecule has 6 aromatic carbocycles. The number of rotatable bonds is 13. The summed E-state index contributed by atoms with van der Waals surface area (Å²) < 4.78 is 306. The van der Waals surface area contributed by atoms with Crippen LogP contribution in [-0.4, -0.2) is 15.0 Å². The highest BCUT2D eigenvalue weighted by atomic mass is 19.1. The summed E-state index contributed by atoms with van der Waals surface area (Å²) in [5.74, 6) is -1.55. The molecular formula is C57H44FN3O. The fourth-order valence-corrected chi connectivity index (χ4v) is 6.13. The number of para-hydroxylation sites is 1. The average Bonchev–Trinajstić information content (AvgIpc) is 1.37. The summed E-state index contributed by atoms with van der Waals surface area (Å²) in [5.41, 5.74) is -11.4. The molecule has 300 valence electrons. The molecule has 0 spiro atoms. The summed E-state index contributed by atoms with van der Waals surface area (Å²) in [6, 6.07) is -7.75. The highest BCUT2D eigenvalue weighted by molar-refractivity contribution is 6.12. The van der Waals surface area contributed by atoms with Gasteiger partial charge in [0.2, 0.25) is 0 Å². The fraction of sp³-hybridized carbons (Fsp3) is 0.105. The van der Waals surface area contributed by atoms with Crippen LogP contribution in [0.5, 0.6) is 0 Å². The molecule has 0 amide bonds. The van der Waals surface area contributed by atoms with Crippen LogP contribution in [0.4, 0.5) is 4.39 Å². The Morgan fingerprint density at radius 1 is 0.435 bits per heavy atom. The maximum Gasteiger partial charge on any atom is 0.146 e. The lowest BCUT2D eigenvalue weighted by atomic mass is 9.94. The molecule has 0 atom stereocenters. The third-order valence-electron chi connectivity index (χ3n) is 8.97. The molecule has 0 unspecified atom stereocenters. The van der Waals surface area contributed by atoms with Crippen molar-refractivity contribution in [3.05, 3.63) is 233 Å². The van der Waals surface area contributed by atoms with Crippen molar-refractivity contribution in [1.29, 1.82) is 0 Å². The van der Waals surface area contributed by atoms with Crippen molar-refractivity contribution in [1.82, 2.24) is 15.0 Å². The van der Waals surface area contributed by atoms with Crippen LogP contribution in [0.2, 0.25) is 0 Å². The van der Waals surface area contributed by atoms with Crippen LogP contribution in [0.25, 0.3) is 66.8 Å². The molecule has 0 N–H and O–H groups in total. The molecule has 0 saturated carbocycles. The van der Waals surface area contributed by atoms with Gasteiger partial charge in [-0.05, 0) is 113 Å². The quantitative estimate of drug-likeness (QED) is 0.116. The minimum atomic E-state index is -3.76. The number of furan rings is 1. The van der Waals surface area contributed by atoms with Crippen molar-refractivity contribution in [3.63, 3.8) is 0 Å². The second kappa shape index (κ2) is 17.6. The largest absolute Gasteiger partial charge is 0.455 e. The molecule has 0 radical (unpaired) electrons. The maximum absolute atomic E-state index is 16.4. The van der Waals surface area contributed by atoms with Gasteiger partial charge in [0.15, 0.2) is 0 Å². The summed E-state index contributed by atoms with van der Waals surface area (Å²) >= 11 is 0. The first-order valence-corrected chi connectivity index (χ1v) is 18.4. The zero-order chi connectivity index (χ0) is 69.8. The number of nitrogens with zero attached hydrogens (tertiary/aromatic N) is 3. The van der Waals surface area contributed by atoms with Gasteiger partial charge in [-0.2, -0.15) is 0 Å². The molecule has 4 aromatic heterocycles. The van der Waals surface area contributed by atoms with Gasteiger partial charge in [0.05, 0.1) is 50.1 Å². The Morgan fingerprint density at radius 2 is 0.919 bits per heavy atom. The Morgan fingerprint density at radius 3 is 1.50 bits per heavy atom. The van der Waals surface area contributed by atoms with Crippen molar-refractivity contribution < 1.29 is 52.7 Å². The Bertz CT molecular complexity index is 4730. The molecule has 0 aliphatic rings. The van der Waals surface area contributed by atoms with Gasteiger partial charge in [0.1, 0.15) is 17.0 Å². The zero-order valence-corrected chi connectivity index (χ0v) is 31.6. The number of halogens is 1. The van der Waals surface area contributed by atoms with Gasteiger partial charge in [-0.25, -0.2) is 4.39 Å². The third kappa shape index (κ3) is 8.43. The van der Waals surface area contributed by atoms with E-state index in [4.69, 9.17) is 29.1 Å². The Kier molecular flexibility index (Phi) is 4.86. The van der Waals surface area contributed by atoms with Crippen LogP contribution in [-0.2, 0) is 38.2 Å². The number of aromatic nitrogens is 3. The summed E-state index contributed by atoms with van der Waals surface area (Å²) in [4.78, 5) is 12.3. The van der Waals surface area contributed by atoms with E-state index in [1.807, 2.05) is 0 Å². The number of aryl methyl sites for hydroxylation is 6. The van der Waals surface area contributed by atoms with Crippen molar-refractivity contribution in [2.45, 2.75) is 38.2 Å². The van der Waals surface area contributed by atoms with Gasteiger partial charge in [-0.15, -0.1) is 0 Å². The van der Waals surface area contributed by atoms with E-state index in [0.29, 0.717) is 36.8 Å². The monoisotopic (exact) mass is 838 g/mol. The highest BCUT2D eigenvalue weighted by Crippen LogP contribution is 2.40. The minimum Gasteiger partial charge on any atom is -0.455 e. The molecule has 10 aromatic rings. The second-order valence-corrected chi connectivity index (χ2v) is 13.0. The number of hydrogen-bond donors (Lipinski definition) is 0. The standard InChI is InChI=1S/C57H44FN3O/c58-51-29-28-49-48-17-10-18-50(56(48)62-57(49)55(51)47-15-8-3-9-16-47)54-32-27-41(38-61-54)21-24-44-34-42(22-19-39-25-30-52(59-36-39)45-11-4-1-5-12-45)33-43(35-44)23-20-40-26-31-53(60-37-40)46-13-6-2-7-14-46/h1-18,25-38H,19-24H2/i1D,2D,3D,4D,6D,8D,9D,11D,13D,15D,16D,17D,19D2,20D2,21D2,22D2,23D2,24D2,25D,26D,27D,28D,29D,30D,31D,32D. The zero-order valence-electron chi connectivity index (χ0n) is 63.6. The van der Waals surface area contributed by atoms with E-state index in [1.165, 1.54) is 0 Å². The second-order valence-electron chi connectivity index (χ2n) is 13.0.